The van der Waals surface area contributed by atoms with Crippen LogP contribution in [0.4, 0.5) is 10.5 Å². The van der Waals surface area contributed by atoms with E-state index in [-0.39, 0.29) is 35.8 Å². The van der Waals surface area contributed by atoms with E-state index in [1.165, 1.54) is 0 Å². The molecule has 0 aliphatic carbocycles. The van der Waals surface area contributed by atoms with Gasteiger partial charge in [-0.3, -0.25) is 9.36 Å². The van der Waals surface area contributed by atoms with Crippen molar-refractivity contribution in [2.24, 2.45) is 0 Å². The highest BCUT2D eigenvalue weighted by Gasteiger charge is 2.32. The largest absolute Gasteiger partial charge is 0.506 e. The van der Waals surface area contributed by atoms with Crippen molar-refractivity contribution in [3.8, 4) is 5.75 Å². The maximum atomic E-state index is 13.9. The first kappa shape index (κ1) is 30.3. The van der Waals surface area contributed by atoms with Gasteiger partial charge in [-0.25, -0.2) is 9.59 Å². The quantitative estimate of drug-likeness (QED) is 0.263. The number of aromatic hydroxyl groups is 1. The lowest BCUT2D eigenvalue weighted by Gasteiger charge is -2.38. The summed E-state index contributed by atoms with van der Waals surface area (Å²) < 4.78 is 2.81. The standard InChI is InChI=1S/C32H34Br2N6O4/c33-24-18-21(19-25(34)29(24)41)20-27(30(42)38-16-14-37(15-17-38)22-6-2-1-3-7-22)36-31(43)39-12-10-23(11-13-39)40-28-9-5-4-8-26(28)35-32(40)44/h1-9,18-19,23,27,41H,10-17,20H2,(H,35,44)(H,36,43). The van der Waals surface area contributed by atoms with Crippen LogP contribution < -0.4 is 15.9 Å². The second kappa shape index (κ2) is 13.1. The number of urea groups is 1. The molecular weight excluding hydrogens is 692 g/mol. The topological polar surface area (TPSA) is 114 Å². The van der Waals surface area contributed by atoms with E-state index in [9.17, 15) is 19.5 Å². The zero-order valence-corrected chi connectivity index (χ0v) is 27.3. The molecule has 2 aliphatic rings. The molecule has 0 spiro atoms. The summed E-state index contributed by atoms with van der Waals surface area (Å²) in [6.45, 7) is 3.44. The number of phenols is 1. The number of anilines is 1. The van der Waals surface area contributed by atoms with Gasteiger partial charge in [-0.2, -0.15) is 0 Å². The number of phenolic OH excluding ortho intramolecular Hbond substituents is 1. The third-order valence-electron chi connectivity index (χ3n) is 8.57. The zero-order valence-electron chi connectivity index (χ0n) is 24.1. The number of hydrogen-bond donors (Lipinski definition) is 3. The molecule has 0 radical (unpaired) electrons. The van der Waals surface area contributed by atoms with Crippen LogP contribution in [0.3, 0.4) is 0 Å². The van der Waals surface area contributed by atoms with Crippen molar-refractivity contribution in [1.82, 2.24) is 24.7 Å². The van der Waals surface area contributed by atoms with Gasteiger partial charge in [0, 0.05) is 57.4 Å². The van der Waals surface area contributed by atoms with Crippen molar-refractivity contribution in [2.45, 2.75) is 31.3 Å². The Labute approximate surface area is 271 Å². The predicted molar refractivity (Wildman–Crippen MR) is 177 cm³/mol. The van der Waals surface area contributed by atoms with Gasteiger partial charge in [0.25, 0.3) is 0 Å². The molecule has 3 N–H and O–H groups in total. The highest BCUT2D eigenvalue weighted by molar-refractivity contribution is 9.11. The number of imidazole rings is 1. The van der Waals surface area contributed by atoms with Gasteiger partial charge in [-0.1, -0.05) is 30.3 Å². The average Bonchev–Trinajstić information content (AvgIpc) is 3.39. The molecule has 2 saturated heterocycles. The molecule has 1 unspecified atom stereocenters. The summed E-state index contributed by atoms with van der Waals surface area (Å²) in [7, 11) is 0. The van der Waals surface area contributed by atoms with E-state index >= 15 is 0 Å². The van der Waals surface area contributed by atoms with Crippen LogP contribution in [0.2, 0.25) is 0 Å². The van der Waals surface area contributed by atoms with Gasteiger partial charge in [0.15, 0.2) is 0 Å². The fourth-order valence-corrected chi connectivity index (χ4v) is 7.50. The Morgan fingerprint density at radius 3 is 2.20 bits per heavy atom. The number of halogens is 2. The maximum absolute atomic E-state index is 13.9. The number of rotatable bonds is 6. The van der Waals surface area contributed by atoms with Crippen molar-refractivity contribution in [2.75, 3.05) is 44.2 Å². The normalized spacial score (nSPS) is 16.7. The number of piperidine rings is 1. The lowest BCUT2D eigenvalue weighted by Crippen LogP contribution is -2.57. The van der Waals surface area contributed by atoms with Crippen LogP contribution in [0.25, 0.3) is 11.0 Å². The number of piperazine rings is 1. The summed E-state index contributed by atoms with van der Waals surface area (Å²) in [5.41, 5.74) is 3.45. The van der Waals surface area contributed by atoms with Crippen molar-refractivity contribution in [3.05, 3.63) is 91.7 Å². The Morgan fingerprint density at radius 1 is 0.886 bits per heavy atom. The number of fused-ring (bicyclic) bond motifs is 1. The Bertz CT molecular complexity index is 1690. The molecule has 2 aliphatic heterocycles. The lowest BCUT2D eigenvalue weighted by molar-refractivity contribution is -0.133. The summed E-state index contributed by atoms with van der Waals surface area (Å²) in [5.74, 6) is -0.0542. The second-order valence-electron chi connectivity index (χ2n) is 11.3. The van der Waals surface area contributed by atoms with E-state index in [4.69, 9.17) is 0 Å². The minimum Gasteiger partial charge on any atom is -0.506 e. The third-order valence-corrected chi connectivity index (χ3v) is 9.77. The number of H-pyrrole nitrogens is 1. The van der Waals surface area contributed by atoms with E-state index in [0.717, 1.165) is 22.3 Å². The number of aromatic amines is 1. The zero-order chi connectivity index (χ0) is 30.8. The van der Waals surface area contributed by atoms with Crippen molar-refractivity contribution >= 4 is 60.5 Å². The number of para-hydroxylation sites is 3. The molecule has 3 heterocycles. The Morgan fingerprint density at radius 2 is 1.52 bits per heavy atom. The molecule has 12 heteroatoms. The molecule has 44 heavy (non-hydrogen) atoms. The van der Waals surface area contributed by atoms with Crippen molar-refractivity contribution in [3.63, 3.8) is 0 Å². The molecule has 2 fully saturated rings. The molecule has 230 valence electrons. The van der Waals surface area contributed by atoms with Gasteiger partial charge in [-0.15, -0.1) is 0 Å². The Kier molecular flexibility index (Phi) is 8.99. The minimum atomic E-state index is -0.789. The first-order chi connectivity index (χ1) is 21.3. The van der Waals surface area contributed by atoms with Gasteiger partial charge >= 0.3 is 11.7 Å². The van der Waals surface area contributed by atoms with Gasteiger partial charge in [0.2, 0.25) is 5.91 Å². The number of likely N-dealkylation sites (tertiary alicyclic amines) is 1. The molecule has 3 amide bonds. The number of nitrogens with zero attached hydrogens (tertiary/aromatic N) is 4. The van der Waals surface area contributed by atoms with Crippen LogP contribution in [0.15, 0.2) is 80.5 Å². The van der Waals surface area contributed by atoms with Crippen LogP contribution in [0.5, 0.6) is 5.75 Å². The van der Waals surface area contributed by atoms with Gasteiger partial charge in [0.05, 0.1) is 20.0 Å². The number of benzene rings is 3. The second-order valence-corrected chi connectivity index (χ2v) is 13.0. The molecule has 4 aromatic rings. The number of amides is 3. The minimum absolute atomic E-state index is 0.0206. The smallest absolute Gasteiger partial charge is 0.326 e. The highest BCUT2D eigenvalue weighted by Crippen LogP contribution is 2.34. The van der Waals surface area contributed by atoms with Gasteiger partial charge < -0.3 is 30.1 Å². The summed E-state index contributed by atoms with van der Waals surface area (Å²) >= 11 is 6.76. The first-order valence-electron chi connectivity index (χ1n) is 14.8. The van der Waals surface area contributed by atoms with Crippen molar-refractivity contribution in [1.29, 1.82) is 0 Å². The Balaban J connectivity index is 1.14. The average molecular weight is 726 g/mol. The summed E-state index contributed by atoms with van der Waals surface area (Å²) in [5, 5.41) is 13.2. The number of aromatic nitrogens is 2. The number of carbonyl (C=O) groups excluding carboxylic acids is 2. The van der Waals surface area contributed by atoms with E-state index in [2.05, 4.69) is 59.2 Å². The van der Waals surface area contributed by atoms with Crippen LogP contribution in [-0.2, 0) is 11.2 Å². The fourth-order valence-electron chi connectivity index (χ4n) is 6.22. The maximum Gasteiger partial charge on any atom is 0.326 e. The SMILES string of the molecule is O=C(NC(Cc1cc(Br)c(O)c(Br)c1)C(=O)N1CCN(c2ccccc2)CC1)N1CCC(n2c(=O)[nH]c3ccccc32)CC1. The molecule has 6 rings (SSSR count). The summed E-state index contributed by atoms with van der Waals surface area (Å²) in [4.78, 5) is 49.0. The van der Waals surface area contributed by atoms with Gasteiger partial charge in [0.1, 0.15) is 11.8 Å². The fraction of sp³-hybridized carbons (Fsp3) is 0.344. The van der Waals surface area contributed by atoms with Crippen LogP contribution in [0, 0.1) is 0 Å². The van der Waals surface area contributed by atoms with E-state index in [1.54, 1.807) is 21.6 Å². The van der Waals surface area contributed by atoms with E-state index < -0.39 is 6.04 Å². The van der Waals surface area contributed by atoms with Crippen LogP contribution >= 0.6 is 31.9 Å². The van der Waals surface area contributed by atoms with Gasteiger partial charge in [-0.05, 0) is 86.7 Å². The number of hydrogen-bond acceptors (Lipinski definition) is 5. The summed E-state index contributed by atoms with van der Waals surface area (Å²) in [6.07, 6.45) is 1.53. The van der Waals surface area contributed by atoms with Crippen LogP contribution in [-0.4, -0.2) is 81.7 Å². The lowest BCUT2D eigenvalue weighted by atomic mass is 10.0. The first-order valence-corrected chi connectivity index (χ1v) is 16.4. The molecule has 3 aromatic carbocycles. The predicted octanol–water partition coefficient (Wildman–Crippen LogP) is 4.87. The molecule has 0 bridgehead atoms. The monoisotopic (exact) mass is 724 g/mol. The van der Waals surface area contributed by atoms with Crippen molar-refractivity contribution < 1.29 is 14.7 Å². The third kappa shape index (κ3) is 6.37. The van der Waals surface area contributed by atoms with E-state index in [0.29, 0.717) is 61.1 Å². The van der Waals surface area contributed by atoms with E-state index in [1.807, 2.05) is 47.4 Å². The summed E-state index contributed by atoms with van der Waals surface area (Å²) in [6, 6.07) is 20.2. The van der Waals surface area contributed by atoms with Crippen LogP contribution in [0.1, 0.15) is 24.4 Å². The molecule has 1 aromatic heterocycles. The Hall–Kier alpha value is -3.77. The highest BCUT2D eigenvalue weighted by atomic mass is 79.9. The molecule has 1 atom stereocenters. The molecule has 0 saturated carbocycles. The number of nitrogens with one attached hydrogen (secondary N) is 2. The number of carbonyl (C=O) groups is 2. The molecular formula is C32H34Br2N6O4. The molecule has 10 nitrogen and oxygen atoms in total.